The first-order chi connectivity index (χ1) is 14.4. The second-order valence-electron chi connectivity index (χ2n) is 8.15. The quantitative estimate of drug-likeness (QED) is 0.799. The van der Waals surface area contributed by atoms with Crippen LogP contribution >= 0.6 is 0 Å². The summed E-state index contributed by atoms with van der Waals surface area (Å²) in [7, 11) is 3.60. The predicted octanol–water partition coefficient (Wildman–Crippen LogP) is 2.69. The number of hydrogen-bond donors (Lipinski definition) is 1. The molecule has 30 heavy (non-hydrogen) atoms. The van der Waals surface area contributed by atoms with Crippen molar-refractivity contribution < 1.29 is 9.59 Å². The second kappa shape index (κ2) is 9.87. The van der Waals surface area contributed by atoms with E-state index in [1.54, 1.807) is 19.0 Å². The van der Waals surface area contributed by atoms with Gasteiger partial charge in [-0.3, -0.25) is 19.4 Å². The molecule has 3 rings (SSSR count). The van der Waals surface area contributed by atoms with E-state index in [1.807, 2.05) is 62.4 Å². The van der Waals surface area contributed by atoms with Gasteiger partial charge < -0.3 is 10.2 Å². The van der Waals surface area contributed by atoms with Crippen molar-refractivity contribution in [2.45, 2.75) is 19.9 Å². The van der Waals surface area contributed by atoms with Gasteiger partial charge in [-0.15, -0.1) is 0 Å². The highest BCUT2D eigenvalue weighted by atomic mass is 16.2. The van der Waals surface area contributed by atoms with Crippen molar-refractivity contribution in [1.29, 1.82) is 0 Å². The lowest BCUT2D eigenvalue weighted by molar-refractivity contribution is -0.135. The number of carbonyl (C=O) groups is 2. The molecule has 1 N–H and O–H groups in total. The summed E-state index contributed by atoms with van der Waals surface area (Å²) in [6, 6.07) is 15.6. The fourth-order valence-electron chi connectivity index (χ4n) is 3.85. The van der Waals surface area contributed by atoms with Crippen LogP contribution in [-0.2, 0) is 9.59 Å². The number of hydrogen-bond acceptors (Lipinski definition) is 4. The van der Waals surface area contributed by atoms with Gasteiger partial charge in [0.15, 0.2) is 0 Å². The summed E-state index contributed by atoms with van der Waals surface area (Å²) in [4.78, 5) is 31.4. The van der Waals surface area contributed by atoms with Gasteiger partial charge in [0.1, 0.15) is 6.04 Å². The van der Waals surface area contributed by atoms with E-state index in [9.17, 15) is 9.59 Å². The van der Waals surface area contributed by atoms with E-state index >= 15 is 0 Å². The predicted molar refractivity (Wildman–Crippen MR) is 120 cm³/mol. The normalized spacial score (nSPS) is 16.1. The molecule has 1 atom stereocenters. The average molecular weight is 409 g/mol. The zero-order valence-corrected chi connectivity index (χ0v) is 18.4. The molecule has 160 valence electrons. The maximum atomic E-state index is 12.9. The number of piperazine rings is 1. The molecule has 1 saturated heterocycles. The fraction of sp³-hybridized carbons (Fsp3) is 0.417. The van der Waals surface area contributed by atoms with Gasteiger partial charge in [0, 0.05) is 46.0 Å². The van der Waals surface area contributed by atoms with Crippen molar-refractivity contribution in [3.63, 3.8) is 0 Å². The van der Waals surface area contributed by atoms with Crippen LogP contribution in [0.5, 0.6) is 0 Å². The van der Waals surface area contributed by atoms with E-state index in [4.69, 9.17) is 0 Å². The lowest BCUT2D eigenvalue weighted by atomic mass is 10.0. The summed E-state index contributed by atoms with van der Waals surface area (Å²) in [5.41, 5.74) is 4.15. The number of anilines is 1. The van der Waals surface area contributed by atoms with Crippen molar-refractivity contribution in [3.8, 4) is 0 Å². The monoisotopic (exact) mass is 408 g/mol. The SMILES string of the molecule is Cc1cccc(NC(=O)CN2CCN(C(C(=O)N(C)C)c3ccccc3)CC2)c1C. The number of benzene rings is 2. The molecule has 1 aliphatic rings. The van der Waals surface area contributed by atoms with Gasteiger partial charge in [-0.1, -0.05) is 42.5 Å². The summed E-state index contributed by atoms with van der Waals surface area (Å²) < 4.78 is 0. The van der Waals surface area contributed by atoms with E-state index in [2.05, 4.69) is 15.1 Å². The van der Waals surface area contributed by atoms with Crippen LogP contribution in [0.15, 0.2) is 48.5 Å². The molecule has 0 spiro atoms. The van der Waals surface area contributed by atoms with Crippen LogP contribution in [0, 0.1) is 13.8 Å². The molecule has 0 aliphatic carbocycles. The van der Waals surface area contributed by atoms with Gasteiger partial charge in [-0.25, -0.2) is 0 Å². The van der Waals surface area contributed by atoms with Crippen molar-refractivity contribution in [2.24, 2.45) is 0 Å². The van der Waals surface area contributed by atoms with Gasteiger partial charge in [0.25, 0.3) is 0 Å². The minimum Gasteiger partial charge on any atom is -0.347 e. The third-order valence-electron chi connectivity index (χ3n) is 5.81. The minimum atomic E-state index is -0.285. The van der Waals surface area contributed by atoms with Crippen molar-refractivity contribution in [2.75, 3.05) is 52.1 Å². The minimum absolute atomic E-state index is 0.00104. The Morgan fingerprint density at radius 1 is 0.967 bits per heavy atom. The van der Waals surface area contributed by atoms with Crippen LogP contribution in [0.4, 0.5) is 5.69 Å². The van der Waals surface area contributed by atoms with Crippen LogP contribution in [-0.4, -0.2) is 73.3 Å². The Labute approximate surface area is 179 Å². The molecule has 1 fully saturated rings. The molecule has 6 heteroatoms. The highest BCUT2D eigenvalue weighted by Crippen LogP contribution is 2.24. The number of nitrogens with zero attached hydrogens (tertiary/aromatic N) is 3. The molecule has 2 amide bonds. The van der Waals surface area contributed by atoms with E-state index < -0.39 is 0 Å². The number of aryl methyl sites for hydroxylation is 1. The Balaban J connectivity index is 1.59. The van der Waals surface area contributed by atoms with Gasteiger partial charge in [0.2, 0.25) is 11.8 Å². The Morgan fingerprint density at radius 3 is 2.27 bits per heavy atom. The van der Waals surface area contributed by atoms with Gasteiger partial charge >= 0.3 is 0 Å². The number of likely N-dealkylation sites (N-methyl/N-ethyl adjacent to an activating group) is 1. The largest absolute Gasteiger partial charge is 0.347 e. The average Bonchev–Trinajstić information content (AvgIpc) is 2.73. The van der Waals surface area contributed by atoms with Crippen molar-refractivity contribution in [1.82, 2.24) is 14.7 Å². The molecule has 0 bridgehead atoms. The number of carbonyl (C=O) groups excluding carboxylic acids is 2. The standard InChI is InChI=1S/C24H32N4O2/c1-18-9-8-12-21(19(18)2)25-22(29)17-27-13-15-28(16-14-27)23(24(30)26(3)4)20-10-6-5-7-11-20/h5-12,23H,13-17H2,1-4H3,(H,25,29). The molecular formula is C24H32N4O2. The molecule has 6 nitrogen and oxygen atoms in total. The van der Waals surface area contributed by atoms with Gasteiger partial charge in [-0.2, -0.15) is 0 Å². The summed E-state index contributed by atoms with van der Waals surface area (Å²) in [5.74, 6) is 0.0865. The molecule has 1 aliphatic heterocycles. The maximum absolute atomic E-state index is 12.9. The summed E-state index contributed by atoms with van der Waals surface area (Å²) in [6.45, 7) is 7.43. The van der Waals surface area contributed by atoms with E-state index in [0.717, 1.165) is 43.0 Å². The molecule has 0 radical (unpaired) electrons. The highest BCUT2D eigenvalue weighted by molar-refractivity contribution is 5.93. The summed E-state index contributed by atoms with van der Waals surface area (Å²) >= 11 is 0. The van der Waals surface area contributed by atoms with Crippen molar-refractivity contribution in [3.05, 3.63) is 65.2 Å². The zero-order chi connectivity index (χ0) is 21.7. The Hall–Kier alpha value is -2.70. The van der Waals surface area contributed by atoms with Crippen LogP contribution in [0.1, 0.15) is 22.7 Å². The first-order valence-corrected chi connectivity index (χ1v) is 10.5. The van der Waals surface area contributed by atoms with Crippen LogP contribution in [0.3, 0.4) is 0 Å². The first-order valence-electron chi connectivity index (χ1n) is 10.5. The van der Waals surface area contributed by atoms with E-state index in [1.165, 1.54) is 5.56 Å². The first kappa shape index (κ1) is 22.0. The van der Waals surface area contributed by atoms with Crippen molar-refractivity contribution >= 4 is 17.5 Å². The maximum Gasteiger partial charge on any atom is 0.244 e. The van der Waals surface area contributed by atoms with E-state index in [0.29, 0.717) is 6.54 Å². The summed E-state index contributed by atoms with van der Waals surface area (Å²) in [6.07, 6.45) is 0. The Kier molecular flexibility index (Phi) is 7.24. The lowest BCUT2D eigenvalue weighted by Gasteiger charge is -2.39. The topological polar surface area (TPSA) is 55.9 Å². The molecule has 1 unspecified atom stereocenters. The summed E-state index contributed by atoms with van der Waals surface area (Å²) in [5, 5.41) is 3.04. The number of rotatable bonds is 6. The van der Waals surface area contributed by atoms with E-state index in [-0.39, 0.29) is 17.9 Å². The van der Waals surface area contributed by atoms with Crippen LogP contribution < -0.4 is 5.32 Å². The van der Waals surface area contributed by atoms with Crippen LogP contribution in [0.2, 0.25) is 0 Å². The fourth-order valence-corrected chi connectivity index (χ4v) is 3.85. The second-order valence-corrected chi connectivity index (χ2v) is 8.15. The zero-order valence-electron chi connectivity index (χ0n) is 18.4. The molecular weight excluding hydrogens is 376 g/mol. The number of amides is 2. The molecule has 0 aromatic heterocycles. The molecule has 0 saturated carbocycles. The third-order valence-corrected chi connectivity index (χ3v) is 5.81. The smallest absolute Gasteiger partial charge is 0.244 e. The molecule has 2 aromatic rings. The Bertz CT molecular complexity index is 874. The Morgan fingerprint density at radius 2 is 1.63 bits per heavy atom. The molecule has 2 aromatic carbocycles. The van der Waals surface area contributed by atoms with Gasteiger partial charge in [-0.05, 0) is 36.6 Å². The lowest BCUT2D eigenvalue weighted by Crippen LogP contribution is -2.52. The molecule has 1 heterocycles. The van der Waals surface area contributed by atoms with Crippen LogP contribution in [0.25, 0.3) is 0 Å². The van der Waals surface area contributed by atoms with Gasteiger partial charge in [0.05, 0.1) is 6.54 Å². The highest BCUT2D eigenvalue weighted by Gasteiger charge is 2.31. The number of nitrogens with one attached hydrogen (secondary N) is 1. The third kappa shape index (κ3) is 5.26.